The van der Waals surface area contributed by atoms with Crippen LogP contribution in [0.3, 0.4) is 0 Å². The predicted octanol–water partition coefficient (Wildman–Crippen LogP) is 2.47. The first-order valence-corrected chi connectivity index (χ1v) is 8.12. The number of carbonyl (C=O) groups is 1. The summed E-state index contributed by atoms with van der Waals surface area (Å²) in [5.41, 5.74) is 1.10. The highest BCUT2D eigenvalue weighted by molar-refractivity contribution is 8.00. The van der Waals surface area contributed by atoms with Crippen LogP contribution in [0, 0.1) is 0 Å². The molecule has 0 fully saturated rings. The minimum atomic E-state index is -0.246. The number of carbonyl (C=O) groups excluding carboxylic acids is 1. The molecular weight excluding hydrogens is 300 g/mol. The van der Waals surface area contributed by atoms with Crippen LogP contribution in [0.5, 0.6) is 0 Å². The lowest BCUT2D eigenvalue weighted by Gasteiger charge is -2.14. The molecule has 7 heteroatoms. The van der Waals surface area contributed by atoms with E-state index in [-0.39, 0.29) is 11.2 Å². The van der Waals surface area contributed by atoms with Crippen LogP contribution < -0.4 is 4.90 Å². The molecule has 22 heavy (non-hydrogen) atoms. The van der Waals surface area contributed by atoms with Gasteiger partial charge in [0.1, 0.15) is 5.25 Å². The maximum atomic E-state index is 11.7. The minimum Gasteiger partial charge on any atom is -0.468 e. The maximum Gasteiger partial charge on any atom is 0.319 e. The van der Waals surface area contributed by atoms with Crippen molar-refractivity contribution in [2.24, 2.45) is 0 Å². The van der Waals surface area contributed by atoms with E-state index in [9.17, 15) is 4.79 Å². The lowest BCUT2D eigenvalue weighted by Crippen LogP contribution is -2.18. The van der Waals surface area contributed by atoms with Crippen molar-refractivity contribution >= 4 is 29.4 Å². The van der Waals surface area contributed by atoms with Gasteiger partial charge in [-0.15, -0.1) is 10.2 Å². The topological polar surface area (TPSA) is 60.2 Å². The number of thioether (sulfide) groups is 1. The van der Waals surface area contributed by atoms with E-state index in [0.29, 0.717) is 6.42 Å². The van der Waals surface area contributed by atoms with Crippen molar-refractivity contribution in [1.29, 1.82) is 0 Å². The van der Waals surface area contributed by atoms with Gasteiger partial charge in [-0.2, -0.15) is 0 Å². The molecule has 116 valence electrons. The lowest BCUT2D eigenvalue weighted by atomic mass is 10.3. The molecule has 6 nitrogen and oxygen atoms in total. The third-order valence-corrected chi connectivity index (χ3v) is 4.96. The van der Waals surface area contributed by atoms with E-state index in [2.05, 4.69) is 31.8 Å². The minimum absolute atomic E-state index is 0.220. The number of nitrogens with zero attached hydrogens (tertiary/aromatic N) is 4. The Morgan fingerprint density at radius 2 is 2.09 bits per heavy atom. The van der Waals surface area contributed by atoms with Crippen LogP contribution in [-0.2, 0) is 16.1 Å². The second kappa shape index (κ2) is 6.39. The highest BCUT2D eigenvalue weighted by atomic mass is 32.2. The SMILES string of the molecule is CC[C@@H](Sc1nnc2n1CCN2c1ccccc1)C(=O)OC. The Morgan fingerprint density at radius 1 is 1.32 bits per heavy atom. The molecule has 0 bridgehead atoms. The summed E-state index contributed by atoms with van der Waals surface area (Å²) < 4.78 is 6.89. The Bertz CT molecular complexity index is 659. The molecule has 3 rings (SSSR count). The molecule has 1 atom stereocenters. The Hall–Kier alpha value is -2.02. The Balaban J connectivity index is 1.82. The molecule has 0 spiro atoms. The largest absolute Gasteiger partial charge is 0.468 e. The highest BCUT2D eigenvalue weighted by Crippen LogP contribution is 2.33. The zero-order chi connectivity index (χ0) is 15.5. The monoisotopic (exact) mass is 318 g/mol. The molecule has 1 aliphatic heterocycles. The van der Waals surface area contributed by atoms with Crippen molar-refractivity contribution in [3.05, 3.63) is 30.3 Å². The fourth-order valence-corrected chi connectivity index (χ4v) is 3.47. The first-order chi connectivity index (χ1) is 10.7. The molecule has 1 aromatic heterocycles. The Morgan fingerprint density at radius 3 is 2.77 bits per heavy atom. The van der Waals surface area contributed by atoms with Gasteiger partial charge in [-0.25, -0.2) is 0 Å². The molecule has 2 heterocycles. The van der Waals surface area contributed by atoms with Gasteiger partial charge in [0.2, 0.25) is 5.95 Å². The smallest absolute Gasteiger partial charge is 0.319 e. The highest BCUT2D eigenvalue weighted by Gasteiger charge is 2.28. The molecule has 0 radical (unpaired) electrons. The van der Waals surface area contributed by atoms with Crippen LogP contribution in [0.1, 0.15) is 13.3 Å². The van der Waals surface area contributed by atoms with E-state index < -0.39 is 0 Å². The first kappa shape index (κ1) is 14.9. The fourth-order valence-electron chi connectivity index (χ4n) is 2.47. The molecule has 2 aromatic rings. The number of aromatic nitrogens is 3. The summed E-state index contributed by atoms with van der Waals surface area (Å²) in [6.45, 7) is 3.64. The summed E-state index contributed by atoms with van der Waals surface area (Å²) >= 11 is 1.42. The summed E-state index contributed by atoms with van der Waals surface area (Å²) in [4.78, 5) is 13.9. The number of rotatable bonds is 5. The Kier molecular flexibility index (Phi) is 4.33. The molecule has 0 aliphatic carbocycles. The summed E-state index contributed by atoms with van der Waals surface area (Å²) in [6, 6.07) is 10.1. The van der Waals surface area contributed by atoms with Crippen molar-refractivity contribution in [2.75, 3.05) is 18.6 Å². The number of fused-ring (bicyclic) bond motifs is 1. The van der Waals surface area contributed by atoms with Gasteiger partial charge in [0.25, 0.3) is 0 Å². The van der Waals surface area contributed by atoms with Gasteiger partial charge in [0.15, 0.2) is 5.16 Å². The van der Waals surface area contributed by atoms with Crippen LogP contribution >= 0.6 is 11.8 Å². The third kappa shape index (κ3) is 2.68. The van der Waals surface area contributed by atoms with Crippen LogP contribution in [-0.4, -0.2) is 39.6 Å². The number of hydrogen-bond donors (Lipinski definition) is 0. The molecule has 0 amide bonds. The van der Waals surface area contributed by atoms with E-state index in [4.69, 9.17) is 4.74 Å². The molecule has 1 aliphatic rings. The van der Waals surface area contributed by atoms with Gasteiger partial charge >= 0.3 is 5.97 Å². The van der Waals surface area contributed by atoms with Crippen LogP contribution in [0.4, 0.5) is 11.6 Å². The van der Waals surface area contributed by atoms with E-state index in [0.717, 1.165) is 29.9 Å². The van der Waals surface area contributed by atoms with E-state index in [1.165, 1.54) is 18.9 Å². The van der Waals surface area contributed by atoms with Crippen LogP contribution in [0.25, 0.3) is 0 Å². The number of methoxy groups -OCH3 is 1. The van der Waals surface area contributed by atoms with Crippen molar-refractivity contribution in [3.8, 4) is 0 Å². The normalized spacial score (nSPS) is 14.7. The zero-order valence-electron chi connectivity index (χ0n) is 12.6. The predicted molar refractivity (Wildman–Crippen MR) is 85.4 cm³/mol. The second-order valence-corrected chi connectivity index (χ2v) is 6.13. The molecule has 0 saturated heterocycles. The van der Waals surface area contributed by atoms with Gasteiger partial charge in [-0.1, -0.05) is 36.9 Å². The number of para-hydroxylation sites is 1. The molecule has 0 unspecified atom stereocenters. The molecular formula is C15H18N4O2S. The van der Waals surface area contributed by atoms with Crippen LogP contribution in [0.15, 0.2) is 35.5 Å². The molecule has 0 N–H and O–H groups in total. The lowest BCUT2D eigenvalue weighted by molar-refractivity contribution is -0.140. The summed E-state index contributed by atoms with van der Waals surface area (Å²) in [6.07, 6.45) is 0.696. The van der Waals surface area contributed by atoms with Crippen molar-refractivity contribution < 1.29 is 9.53 Å². The quantitative estimate of drug-likeness (QED) is 0.623. The van der Waals surface area contributed by atoms with Crippen molar-refractivity contribution in [3.63, 3.8) is 0 Å². The van der Waals surface area contributed by atoms with Crippen LogP contribution in [0.2, 0.25) is 0 Å². The maximum absolute atomic E-state index is 11.7. The number of ether oxygens (including phenoxy) is 1. The number of esters is 1. The third-order valence-electron chi connectivity index (χ3n) is 3.64. The molecule has 0 saturated carbocycles. The fraction of sp³-hybridized carbons (Fsp3) is 0.400. The van der Waals surface area contributed by atoms with Gasteiger partial charge in [-0.05, 0) is 18.6 Å². The van der Waals surface area contributed by atoms with E-state index in [1.54, 1.807) is 0 Å². The van der Waals surface area contributed by atoms with E-state index in [1.807, 2.05) is 25.1 Å². The number of hydrogen-bond acceptors (Lipinski definition) is 6. The summed E-state index contributed by atoms with van der Waals surface area (Å²) in [5, 5.41) is 9.06. The van der Waals surface area contributed by atoms with Gasteiger partial charge < -0.3 is 9.64 Å². The summed E-state index contributed by atoms with van der Waals surface area (Å²) in [5.74, 6) is 0.608. The standard InChI is InChI=1S/C15H18N4O2S/c1-3-12(13(20)21-2)22-15-17-16-14-18(9-10-19(14)15)11-7-5-4-6-8-11/h4-8,12H,3,9-10H2,1-2H3/t12-/m1/s1. The van der Waals surface area contributed by atoms with Gasteiger partial charge in [-0.3, -0.25) is 9.36 Å². The molecule has 1 aromatic carbocycles. The van der Waals surface area contributed by atoms with Crippen molar-refractivity contribution in [1.82, 2.24) is 14.8 Å². The summed E-state index contributed by atoms with van der Waals surface area (Å²) in [7, 11) is 1.41. The zero-order valence-corrected chi connectivity index (χ0v) is 13.4. The Labute approximate surface area is 133 Å². The van der Waals surface area contributed by atoms with E-state index >= 15 is 0 Å². The van der Waals surface area contributed by atoms with Gasteiger partial charge in [0, 0.05) is 18.8 Å². The average Bonchev–Trinajstić information content (AvgIpc) is 3.15. The number of anilines is 2. The number of benzene rings is 1. The average molecular weight is 318 g/mol. The second-order valence-electron chi connectivity index (χ2n) is 4.96. The van der Waals surface area contributed by atoms with Gasteiger partial charge in [0.05, 0.1) is 7.11 Å². The first-order valence-electron chi connectivity index (χ1n) is 7.25. The van der Waals surface area contributed by atoms with Crippen molar-refractivity contribution in [2.45, 2.75) is 30.3 Å².